The molecule has 1 aliphatic heterocycles. The Kier molecular flexibility index (Phi) is 8.74. The summed E-state index contributed by atoms with van der Waals surface area (Å²) >= 11 is 14.1. The minimum Gasteiger partial charge on any atom is -0.368 e. The number of nitrogens with one attached hydrogen (secondary N) is 1. The largest absolute Gasteiger partial charge is 0.368 e. The normalized spacial score (nSPS) is 16.6. The van der Waals surface area contributed by atoms with Crippen LogP contribution in [0.1, 0.15) is 48.0 Å². The third-order valence-electron chi connectivity index (χ3n) is 6.96. The fraction of sp³-hybridized carbons (Fsp3) is 0.393. The van der Waals surface area contributed by atoms with Gasteiger partial charge in [-0.2, -0.15) is 0 Å². The van der Waals surface area contributed by atoms with Gasteiger partial charge in [0.05, 0.1) is 0 Å². The predicted molar refractivity (Wildman–Crippen MR) is 153 cm³/mol. The van der Waals surface area contributed by atoms with Crippen LogP contribution in [0.4, 0.5) is 11.5 Å². The van der Waals surface area contributed by atoms with Gasteiger partial charge in [0.15, 0.2) is 5.16 Å². The van der Waals surface area contributed by atoms with E-state index >= 15 is 0 Å². The lowest BCUT2D eigenvalue weighted by atomic mass is 9.95. The van der Waals surface area contributed by atoms with Crippen molar-refractivity contribution in [3.63, 3.8) is 0 Å². The maximum Gasteiger partial charge on any atom is 0.251 e. The van der Waals surface area contributed by atoms with Crippen molar-refractivity contribution in [1.82, 2.24) is 15.3 Å². The Morgan fingerprint density at radius 3 is 2.38 bits per heavy atom. The molecule has 2 aromatic carbocycles. The van der Waals surface area contributed by atoms with E-state index in [0.29, 0.717) is 27.7 Å². The molecule has 0 radical (unpaired) electrons. The van der Waals surface area contributed by atoms with Crippen molar-refractivity contribution in [1.29, 1.82) is 0 Å². The van der Waals surface area contributed by atoms with Gasteiger partial charge in [-0.1, -0.05) is 72.4 Å². The van der Waals surface area contributed by atoms with Gasteiger partial charge in [-0.3, -0.25) is 4.79 Å². The molecule has 194 valence electrons. The number of aromatic nitrogens is 2. The molecule has 2 heterocycles. The Labute approximate surface area is 232 Å². The lowest BCUT2D eigenvalue weighted by molar-refractivity contribution is 0.0927. The summed E-state index contributed by atoms with van der Waals surface area (Å²) in [7, 11) is 0. The van der Waals surface area contributed by atoms with Crippen molar-refractivity contribution < 1.29 is 4.79 Å². The van der Waals surface area contributed by atoms with E-state index in [0.717, 1.165) is 61.1 Å². The summed E-state index contributed by atoms with van der Waals surface area (Å²) in [5.74, 6) is 1.57. The van der Waals surface area contributed by atoms with Gasteiger partial charge in [0.25, 0.3) is 5.91 Å². The number of rotatable bonds is 7. The first kappa shape index (κ1) is 26.1. The van der Waals surface area contributed by atoms with Crippen LogP contribution in [0.25, 0.3) is 0 Å². The zero-order chi connectivity index (χ0) is 25.6. The highest BCUT2D eigenvalue weighted by Crippen LogP contribution is 2.27. The summed E-state index contributed by atoms with van der Waals surface area (Å²) in [4.78, 5) is 26.4. The van der Waals surface area contributed by atoms with Crippen molar-refractivity contribution in [3.05, 3.63) is 75.9 Å². The number of hydrogen-bond acceptors (Lipinski definition) is 6. The Hall–Kier alpha value is -2.48. The van der Waals surface area contributed by atoms with Crippen molar-refractivity contribution in [2.75, 3.05) is 36.0 Å². The van der Waals surface area contributed by atoms with Crippen LogP contribution in [0.15, 0.2) is 59.8 Å². The molecule has 1 saturated carbocycles. The molecule has 0 spiro atoms. The lowest BCUT2D eigenvalue weighted by Gasteiger charge is -2.36. The van der Waals surface area contributed by atoms with Gasteiger partial charge in [0, 0.05) is 60.3 Å². The molecule has 37 heavy (non-hydrogen) atoms. The highest BCUT2D eigenvalue weighted by atomic mass is 35.5. The Morgan fingerprint density at radius 1 is 0.919 bits per heavy atom. The summed E-state index contributed by atoms with van der Waals surface area (Å²) in [5, 5.41) is 5.03. The third kappa shape index (κ3) is 7.09. The zero-order valence-electron chi connectivity index (χ0n) is 20.7. The number of anilines is 2. The van der Waals surface area contributed by atoms with Gasteiger partial charge >= 0.3 is 0 Å². The molecule has 1 saturated heterocycles. The van der Waals surface area contributed by atoms with Crippen molar-refractivity contribution in [2.45, 2.75) is 49.1 Å². The second-order valence-corrected chi connectivity index (χ2v) is 11.3. The molecule has 3 aromatic rings. The van der Waals surface area contributed by atoms with E-state index in [9.17, 15) is 4.79 Å². The molecule has 1 amide bonds. The molecule has 0 atom stereocenters. The molecule has 9 heteroatoms. The molecular formula is C28H31Cl2N5OS. The summed E-state index contributed by atoms with van der Waals surface area (Å²) < 4.78 is 0. The molecule has 2 aliphatic rings. The average molecular weight is 557 g/mol. The second-order valence-electron chi connectivity index (χ2n) is 9.58. The standard InChI is InChI=1S/C28H31Cl2N5OS/c29-22-5-4-8-24(17-22)34-13-15-35(16-14-34)26-18-25(30)32-28(33-26)37-19-20-9-11-21(12-10-20)27(36)31-23-6-2-1-3-7-23/h4-5,8-12,17-18,23H,1-3,6-7,13-16,19H2,(H,31,36). The minimum absolute atomic E-state index is 0.0179. The Bertz CT molecular complexity index is 1210. The summed E-state index contributed by atoms with van der Waals surface area (Å²) in [6.45, 7) is 3.44. The molecule has 0 unspecified atom stereocenters. The van der Waals surface area contributed by atoms with Crippen LogP contribution in [0.2, 0.25) is 10.2 Å². The fourth-order valence-electron chi connectivity index (χ4n) is 4.89. The van der Waals surface area contributed by atoms with Crippen LogP contribution >= 0.6 is 35.0 Å². The second kappa shape index (κ2) is 12.4. The quantitative estimate of drug-likeness (QED) is 0.205. The Balaban J connectivity index is 1.15. The maximum absolute atomic E-state index is 12.6. The summed E-state index contributed by atoms with van der Waals surface area (Å²) in [5.41, 5.74) is 2.96. The van der Waals surface area contributed by atoms with Crippen LogP contribution in [0.3, 0.4) is 0 Å². The van der Waals surface area contributed by atoms with Gasteiger partial charge < -0.3 is 15.1 Å². The maximum atomic E-state index is 12.6. The van der Waals surface area contributed by atoms with Crippen LogP contribution < -0.4 is 15.1 Å². The third-order valence-corrected chi connectivity index (χ3v) is 8.31. The minimum atomic E-state index is 0.0179. The number of thioether (sulfide) groups is 1. The highest BCUT2D eigenvalue weighted by Gasteiger charge is 2.20. The van der Waals surface area contributed by atoms with E-state index in [2.05, 4.69) is 26.2 Å². The van der Waals surface area contributed by atoms with Crippen LogP contribution in [-0.2, 0) is 5.75 Å². The van der Waals surface area contributed by atoms with E-state index < -0.39 is 0 Å². The smallest absolute Gasteiger partial charge is 0.251 e. The van der Waals surface area contributed by atoms with E-state index in [4.69, 9.17) is 28.2 Å². The first-order valence-corrected chi connectivity index (χ1v) is 14.6. The molecule has 1 aliphatic carbocycles. The van der Waals surface area contributed by atoms with E-state index in [-0.39, 0.29) is 5.91 Å². The number of halogens is 2. The monoisotopic (exact) mass is 555 g/mol. The summed E-state index contributed by atoms with van der Waals surface area (Å²) in [6, 6.07) is 17.9. The van der Waals surface area contributed by atoms with Crippen LogP contribution in [0.5, 0.6) is 0 Å². The van der Waals surface area contributed by atoms with Gasteiger partial charge in [-0.25, -0.2) is 9.97 Å². The Morgan fingerprint density at radius 2 is 1.65 bits per heavy atom. The van der Waals surface area contributed by atoms with Gasteiger partial charge in [0.1, 0.15) is 11.0 Å². The molecule has 1 N–H and O–H groups in total. The van der Waals surface area contributed by atoms with Gasteiger partial charge in [-0.05, 0) is 48.7 Å². The SMILES string of the molecule is O=C(NC1CCCCC1)c1ccc(CSc2nc(Cl)cc(N3CCN(c4cccc(Cl)c4)CC3)n2)cc1. The van der Waals surface area contributed by atoms with Gasteiger partial charge in [0.2, 0.25) is 0 Å². The molecule has 0 bridgehead atoms. The number of benzene rings is 2. The first-order chi connectivity index (χ1) is 18.0. The molecular weight excluding hydrogens is 525 g/mol. The number of carbonyl (C=O) groups is 1. The van der Waals surface area contributed by atoms with Crippen molar-refractivity contribution in [3.8, 4) is 0 Å². The molecule has 2 fully saturated rings. The number of piperazine rings is 1. The number of amides is 1. The van der Waals surface area contributed by atoms with E-state index in [1.54, 1.807) is 11.8 Å². The molecule has 6 nitrogen and oxygen atoms in total. The fourth-order valence-corrected chi connectivity index (χ4v) is 6.12. The lowest BCUT2D eigenvalue weighted by Crippen LogP contribution is -2.46. The highest BCUT2D eigenvalue weighted by molar-refractivity contribution is 7.98. The predicted octanol–water partition coefficient (Wildman–Crippen LogP) is 6.46. The zero-order valence-corrected chi connectivity index (χ0v) is 23.0. The molecule has 5 rings (SSSR count). The first-order valence-electron chi connectivity index (χ1n) is 12.9. The van der Waals surface area contributed by atoms with E-state index in [1.807, 2.05) is 48.5 Å². The molecule has 1 aromatic heterocycles. The van der Waals surface area contributed by atoms with Crippen LogP contribution in [-0.4, -0.2) is 48.1 Å². The number of nitrogens with zero attached hydrogens (tertiary/aromatic N) is 4. The number of hydrogen-bond donors (Lipinski definition) is 1. The average Bonchev–Trinajstić information content (AvgIpc) is 2.92. The van der Waals surface area contributed by atoms with Crippen LogP contribution in [0, 0.1) is 0 Å². The number of carbonyl (C=O) groups excluding carboxylic acids is 1. The topological polar surface area (TPSA) is 61.4 Å². The van der Waals surface area contributed by atoms with Crippen molar-refractivity contribution >= 4 is 52.4 Å². The van der Waals surface area contributed by atoms with Crippen molar-refractivity contribution in [2.24, 2.45) is 0 Å². The summed E-state index contributed by atoms with van der Waals surface area (Å²) in [6.07, 6.45) is 5.84. The van der Waals surface area contributed by atoms with Gasteiger partial charge in [-0.15, -0.1) is 0 Å². The van der Waals surface area contributed by atoms with E-state index in [1.165, 1.54) is 19.3 Å².